The first-order chi connectivity index (χ1) is 15.2. The number of nitrogens with zero attached hydrogens (tertiary/aromatic N) is 3. The highest BCUT2D eigenvalue weighted by Gasteiger charge is 2.42. The van der Waals surface area contributed by atoms with Gasteiger partial charge in [-0.15, -0.1) is 0 Å². The lowest BCUT2D eigenvalue weighted by Crippen LogP contribution is -2.51. The van der Waals surface area contributed by atoms with Crippen LogP contribution in [0.3, 0.4) is 0 Å². The Morgan fingerprint density at radius 1 is 0.968 bits per heavy atom. The van der Waals surface area contributed by atoms with Gasteiger partial charge < -0.3 is 19.3 Å². The van der Waals surface area contributed by atoms with Crippen LogP contribution in [0.1, 0.15) is 29.1 Å². The number of carbonyl (C=O) groups excluding carboxylic acids is 1. The van der Waals surface area contributed by atoms with Crippen molar-refractivity contribution >= 4 is 11.6 Å². The molecule has 4 aromatic rings. The van der Waals surface area contributed by atoms with Crippen molar-refractivity contribution in [1.82, 2.24) is 14.6 Å². The highest BCUT2D eigenvalue weighted by Crippen LogP contribution is 2.43. The molecule has 1 fully saturated rings. The lowest BCUT2D eigenvalue weighted by atomic mass is 9.82. The number of hydrogen-bond donors (Lipinski definition) is 1. The predicted molar refractivity (Wildman–Crippen MR) is 118 cm³/mol. The summed E-state index contributed by atoms with van der Waals surface area (Å²) < 4.78 is 7.67. The van der Waals surface area contributed by atoms with Crippen LogP contribution >= 0.6 is 0 Å². The number of para-hydroxylation sites is 2. The fourth-order valence-electron chi connectivity index (χ4n) is 4.84. The van der Waals surface area contributed by atoms with Crippen LogP contribution in [-0.4, -0.2) is 33.6 Å². The molecule has 2 aromatic carbocycles. The lowest BCUT2D eigenvalue weighted by Gasteiger charge is -2.46. The van der Waals surface area contributed by atoms with Gasteiger partial charge in [0.15, 0.2) is 0 Å². The standard InChI is InChI=1S/C25H22N4O2/c30-24(22-17-20(27-31-22)18-7-2-1-3-8-18)28-15-12-25(13-16-28)23-11-6-14-29(23)21-10-5-4-9-19(21)26-25/h1-11,14,17,26H,12-13,15-16H2. The number of likely N-dealkylation sites (tertiary alicyclic amines) is 1. The Hall–Kier alpha value is -3.80. The molecule has 1 N–H and O–H groups in total. The number of benzene rings is 2. The average Bonchev–Trinajstić information content (AvgIpc) is 3.51. The Labute approximate surface area is 180 Å². The number of hydrogen-bond acceptors (Lipinski definition) is 4. The Balaban J connectivity index is 1.22. The predicted octanol–water partition coefficient (Wildman–Crippen LogP) is 4.69. The van der Waals surface area contributed by atoms with E-state index in [1.807, 2.05) is 35.2 Å². The Kier molecular flexibility index (Phi) is 3.99. The second kappa shape index (κ2) is 6.87. The topological polar surface area (TPSA) is 63.3 Å². The first-order valence-corrected chi connectivity index (χ1v) is 10.6. The van der Waals surface area contributed by atoms with Crippen LogP contribution in [-0.2, 0) is 5.54 Å². The van der Waals surface area contributed by atoms with E-state index in [2.05, 4.69) is 57.6 Å². The number of anilines is 1. The van der Waals surface area contributed by atoms with E-state index in [1.165, 1.54) is 11.4 Å². The number of aromatic nitrogens is 2. The molecule has 0 atom stereocenters. The fraction of sp³-hybridized carbons (Fsp3) is 0.200. The van der Waals surface area contributed by atoms with Crippen LogP contribution in [0, 0.1) is 0 Å². The SMILES string of the molecule is O=C(c1cc(-c2ccccc2)no1)N1CCC2(CC1)Nc1ccccc1-n1cccc12. The maximum atomic E-state index is 13.1. The van der Waals surface area contributed by atoms with Crippen molar-refractivity contribution in [2.75, 3.05) is 18.4 Å². The summed E-state index contributed by atoms with van der Waals surface area (Å²) in [6, 6.07) is 24.1. The van der Waals surface area contributed by atoms with Crippen molar-refractivity contribution in [3.63, 3.8) is 0 Å². The van der Waals surface area contributed by atoms with Gasteiger partial charge in [-0.2, -0.15) is 0 Å². The van der Waals surface area contributed by atoms with Gasteiger partial charge in [0.05, 0.1) is 16.9 Å². The molecular weight excluding hydrogens is 388 g/mol. The Bertz CT molecular complexity index is 1250. The molecule has 154 valence electrons. The molecule has 2 aromatic heterocycles. The van der Waals surface area contributed by atoms with E-state index < -0.39 is 0 Å². The smallest absolute Gasteiger partial charge is 0.292 e. The molecule has 0 radical (unpaired) electrons. The Morgan fingerprint density at radius 3 is 2.58 bits per heavy atom. The van der Waals surface area contributed by atoms with Gasteiger partial charge in [-0.25, -0.2) is 0 Å². The summed E-state index contributed by atoms with van der Waals surface area (Å²) in [6.07, 6.45) is 3.78. The zero-order chi connectivity index (χ0) is 20.8. The highest BCUT2D eigenvalue weighted by atomic mass is 16.5. The van der Waals surface area contributed by atoms with Gasteiger partial charge in [0.25, 0.3) is 5.91 Å². The summed E-state index contributed by atoms with van der Waals surface area (Å²) in [5, 5.41) is 7.88. The molecule has 1 saturated heterocycles. The minimum absolute atomic E-state index is 0.101. The zero-order valence-corrected chi connectivity index (χ0v) is 17.0. The summed E-state index contributed by atoms with van der Waals surface area (Å²) in [5.74, 6) is 0.191. The van der Waals surface area contributed by atoms with E-state index in [4.69, 9.17) is 4.52 Å². The van der Waals surface area contributed by atoms with Gasteiger partial charge in [-0.1, -0.05) is 47.6 Å². The van der Waals surface area contributed by atoms with E-state index in [0.717, 1.165) is 24.1 Å². The summed E-state index contributed by atoms with van der Waals surface area (Å²) in [5.41, 5.74) is 5.00. The quantitative estimate of drug-likeness (QED) is 0.521. The molecule has 31 heavy (non-hydrogen) atoms. The summed E-state index contributed by atoms with van der Waals surface area (Å²) in [4.78, 5) is 14.9. The van der Waals surface area contributed by atoms with Crippen molar-refractivity contribution in [1.29, 1.82) is 0 Å². The van der Waals surface area contributed by atoms with E-state index in [-0.39, 0.29) is 11.4 Å². The summed E-state index contributed by atoms with van der Waals surface area (Å²) in [7, 11) is 0. The van der Waals surface area contributed by atoms with Crippen LogP contribution < -0.4 is 5.32 Å². The third kappa shape index (κ3) is 2.86. The number of fused-ring (bicyclic) bond motifs is 4. The molecule has 6 rings (SSSR count). The second-order valence-electron chi connectivity index (χ2n) is 8.22. The molecule has 1 amide bonds. The molecule has 1 spiro atoms. The second-order valence-corrected chi connectivity index (χ2v) is 8.22. The van der Waals surface area contributed by atoms with Crippen LogP contribution in [0.4, 0.5) is 5.69 Å². The fourth-order valence-corrected chi connectivity index (χ4v) is 4.84. The van der Waals surface area contributed by atoms with Crippen LogP contribution in [0.2, 0.25) is 0 Å². The minimum atomic E-state index is -0.175. The number of rotatable bonds is 2. The first-order valence-electron chi connectivity index (χ1n) is 10.6. The molecule has 0 unspecified atom stereocenters. The number of amides is 1. The minimum Gasteiger partial charge on any atom is -0.372 e. The van der Waals surface area contributed by atoms with E-state index in [9.17, 15) is 4.79 Å². The van der Waals surface area contributed by atoms with Gasteiger partial charge in [0, 0.05) is 36.6 Å². The normalized spacial score (nSPS) is 16.5. The lowest BCUT2D eigenvalue weighted by molar-refractivity contribution is 0.0635. The summed E-state index contributed by atoms with van der Waals surface area (Å²) >= 11 is 0. The molecule has 2 aliphatic heterocycles. The van der Waals surface area contributed by atoms with Gasteiger partial charge >= 0.3 is 0 Å². The molecule has 0 saturated carbocycles. The van der Waals surface area contributed by atoms with E-state index in [1.54, 1.807) is 6.07 Å². The van der Waals surface area contributed by atoms with Crippen LogP contribution in [0.15, 0.2) is 83.5 Å². The number of nitrogens with one attached hydrogen (secondary N) is 1. The van der Waals surface area contributed by atoms with Gasteiger partial charge in [-0.05, 0) is 37.1 Å². The molecule has 2 aliphatic rings. The number of carbonyl (C=O) groups is 1. The molecular formula is C25H22N4O2. The maximum Gasteiger partial charge on any atom is 0.292 e. The van der Waals surface area contributed by atoms with Gasteiger partial charge in [0.1, 0.15) is 5.69 Å². The maximum absolute atomic E-state index is 13.1. The van der Waals surface area contributed by atoms with Crippen molar-refractivity contribution in [2.24, 2.45) is 0 Å². The van der Waals surface area contributed by atoms with E-state index >= 15 is 0 Å². The molecule has 0 bridgehead atoms. The molecule has 4 heterocycles. The number of piperidine rings is 1. The largest absolute Gasteiger partial charge is 0.372 e. The van der Waals surface area contributed by atoms with Crippen molar-refractivity contribution in [3.05, 3.63) is 90.4 Å². The molecule has 6 heteroatoms. The first kappa shape index (κ1) is 18.0. The van der Waals surface area contributed by atoms with Crippen molar-refractivity contribution in [2.45, 2.75) is 18.4 Å². The van der Waals surface area contributed by atoms with Crippen molar-refractivity contribution < 1.29 is 9.32 Å². The molecule has 6 nitrogen and oxygen atoms in total. The Morgan fingerprint density at radius 2 is 1.74 bits per heavy atom. The monoisotopic (exact) mass is 410 g/mol. The van der Waals surface area contributed by atoms with Gasteiger partial charge in [-0.3, -0.25) is 4.79 Å². The third-order valence-corrected chi connectivity index (χ3v) is 6.47. The summed E-state index contributed by atoms with van der Waals surface area (Å²) in [6.45, 7) is 1.31. The highest BCUT2D eigenvalue weighted by molar-refractivity contribution is 5.92. The molecule has 0 aliphatic carbocycles. The van der Waals surface area contributed by atoms with E-state index in [0.29, 0.717) is 24.5 Å². The van der Waals surface area contributed by atoms with Crippen LogP contribution in [0.25, 0.3) is 16.9 Å². The zero-order valence-electron chi connectivity index (χ0n) is 17.0. The van der Waals surface area contributed by atoms with Crippen LogP contribution in [0.5, 0.6) is 0 Å². The van der Waals surface area contributed by atoms with Crippen molar-refractivity contribution in [3.8, 4) is 16.9 Å². The third-order valence-electron chi connectivity index (χ3n) is 6.47. The van der Waals surface area contributed by atoms with Gasteiger partial charge in [0.2, 0.25) is 5.76 Å². The average molecular weight is 410 g/mol.